The molecule has 1 aromatic carbocycles. The van der Waals surface area contributed by atoms with E-state index in [0.29, 0.717) is 10.7 Å². The van der Waals surface area contributed by atoms with E-state index >= 15 is 0 Å². The van der Waals surface area contributed by atoms with E-state index in [0.717, 1.165) is 25.8 Å². The summed E-state index contributed by atoms with van der Waals surface area (Å²) in [5, 5.41) is -0.288. The molecule has 2 rings (SSSR count). The fourth-order valence-corrected chi connectivity index (χ4v) is 3.14. The van der Waals surface area contributed by atoms with Gasteiger partial charge in [-0.3, -0.25) is 14.5 Å². The summed E-state index contributed by atoms with van der Waals surface area (Å²) >= 11 is 2.98. The Kier molecular flexibility index (Phi) is 5.46. The first-order valence-electron chi connectivity index (χ1n) is 6.13. The van der Waals surface area contributed by atoms with Gasteiger partial charge in [0.1, 0.15) is 5.75 Å². The highest BCUT2D eigenvalue weighted by Gasteiger charge is 2.31. The molecule has 1 saturated heterocycles. The average Bonchev–Trinajstić information content (AvgIpc) is 2.73. The summed E-state index contributed by atoms with van der Waals surface area (Å²) in [6.45, 7) is -0.166. The highest BCUT2D eigenvalue weighted by molar-refractivity contribution is 14.1. The first-order chi connectivity index (χ1) is 10.4. The molecule has 1 aromatic rings. The van der Waals surface area contributed by atoms with Gasteiger partial charge in [0.15, 0.2) is 6.61 Å². The van der Waals surface area contributed by atoms with Gasteiger partial charge in [-0.25, -0.2) is 4.79 Å². The second-order valence-corrected chi connectivity index (χ2v) is 6.45. The van der Waals surface area contributed by atoms with Crippen molar-refractivity contribution in [3.8, 4) is 5.75 Å². The molecule has 0 bridgehead atoms. The van der Waals surface area contributed by atoms with E-state index in [1.165, 1.54) is 14.2 Å². The van der Waals surface area contributed by atoms with Crippen LogP contribution < -0.4 is 4.74 Å². The Balaban J connectivity index is 2.14. The van der Waals surface area contributed by atoms with E-state index in [1.54, 1.807) is 24.3 Å². The van der Waals surface area contributed by atoms with E-state index in [-0.39, 0.29) is 17.8 Å². The fourth-order valence-electron chi connectivity index (χ4n) is 1.62. The summed E-state index contributed by atoms with van der Waals surface area (Å²) in [5.74, 6) is -0.223. The lowest BCUT2D eigenvalue weighted by Crippen LogP contribution is -2.22. The molecule has 8 heteroatoms. The predicted octanol–water partition coefficient (Wildman–Crippen LogP) is 2.51. The van der Waals surface area contributed by atoms with E-state index in [1.807, 2.05) is 0 Å². The lowest BCUT2D eigenvalue weighted by Gasteiger charge is -2.07. The number of methoxy groups -OCH3 is 1. The quantitative estimate of drug-likeness (QED) is 0.413. The lowest BCUT2D eigenvalue weighted by atomic mass is 10.2. The fraction of sp³-hybridized carbons (Fsp3) is 0.214. The number of thioether (sulfide) groups is 1. The zero-order chi connectivity index (χ0) is 16.3. The molecule has 0 spiro atoms. The summed E-state index contributed by atoms with van der Waals surface area (Å²) in [6, 6.07) is 5.25. The monoisotopic (exact) mass is 433 g/mol. The molecule has 1 heterocycles. The van der Waals surface area contributed by atoms with E-state index < -0.39 is 5.97 Å². The summed E-state index contributed by atoms with van der Waals surface area (Å²) in [6.07, 6.45) is 1.65. The first kappa shape index (κ1) is 16.8. The predicted molar refractivity (Wildman–Crippen MR) is 90.4 cm³/mol. The second-order valence-electron chi connectivity index (χ2n) is 4.30. The van der Waals surface area contributed by atoms with E-state index in [9.17, 15) is 14.4 Å². The highest BCUT2D eigenvalue weighted by Crippen LogP contribution is 2.32. The molecule has 0 N–H and O–H groups in total. The highest BCUT2D eigenvalue weighted by atomic mass is 127. The third kappa shape index (κ3) is 3.80. The molecule has 2 amide bonds. The van der Waals surface area contributed by atoms with Crippen LogP contribution in [0.1, 0.15) is 5.56 Å². The van der Waals surface area contributed by atoms with Crippen LogP contribution in [0.5, 0.6) is 5.75 Å². The Hall–Kier alpha value is -1.55. The van der Waals surface area contributed by atoms with Crippen molar-refractivity contribution < 1.29 is 23.9 Å². The normalized spacial score (nSPS) is 16.3. The van der Waals surface area contributed by atoms with Gasteiger partial charge in [-0.05, 0) is 58.1 Å². The minimum absolute atomic E-state index is 0.166. The van der Waals surface area contributed by atoms with Crippen molar-refractivity contribution in [1.29, 1.82) is 0 Å². The minimum Gasteiger partial charge on any atom is -0.481 e. The van der Waals surface area contributed by atoms with Crippen molar-refractivity contribution in [2.45, 2.75) is 0 Å². The van der Waals surface area contributed by atoms with Crippen molar-refractivity contribution in [3.05, 3.63) is 32.2 Å². The Bertz CT molecular complexity index is 673. The van der Waals surface area contributed by atoms with Gasteiger partial charge in [-0.15, -0.1) is 0 Å². The van der Waals surface area contributed by atoms with E-state index in [2.05, 4.69) is 27.3 Å². The molecule has 0 unspecified atom stereocenters. The van der Waals surface area contributed by atoms with Gasteiger partial charge in [0.2, 0.25) is 0 Å². The Morgan fingerprint density at radius 2 is 2.14 bits per heavy atom. The minimum atomic E-state index is -0.462. The van der Waals surface area contributed by atoms with E-state index in [4.69, 9.17) is 4.74 Å². The Morgan fingerprint density at radius 1 is 1.41 bits per heavy atom. The molecule has 116 valence electrons. The maximum absolute atomic E-state index is 11.8. The smallest absolute Gasteiger partial charge is 0.343 e. The lowest BCUT2D eigenvalue weighted by molar-refractivity contribution is -0.142. The maximum atomic E-state index is 11.8. The maximum Gasteiger partial charge on any atom is 0.343 e. The standard InChI is InChI=1S/C14H12INO5S/c1-16-13(18)11(22-14(16)19)6-8-3-4-10(9(15)5-8)21-7-12(17)20-2/h3-6H,7H2,1-2H3/b11-6-. The van der Waals surface area contributed by atoms with Crippen LogP contribution in [-0.4, -0.2) is 42.8 Å². The van der Waals surface area contributed by atoms with Crippen LogP contribution in [0.15, 0.2) is 23.1 Å². The topological polar surface area (TPSA) is 72.9 Å². The van der Waals surface area contributed by atoms with Crippen molar-refractivity contribution in [3.63, 3.8) is 0 Å². The van der Waals surface area contributed by atoms with Gasteiger partial charge < -0.3 is 9.47 Å². The first-order valence-corrected chi connectivity index (χ1v) is 8.02. The van der Waals surface area contributed by atoms with Crippen LogP contribution >= 0.6 is 34.4 Å². The Labute approximate surface area is 145 Å². The molecule has 22 heavy (non-hydrogen) atoms. The molecular formula is C14H12INO5S. The van der Waals surface area contributed by atoms with Crippen LogP contribution in [0.4, 0.5) is 4.79 Å². The third-order valence-corrected chi connectivity index (χ3v) is 4.62. The molecule has 1 aliphatic heterocycles. The number of nitrogens with zero attached hydrogens (tertiary/aromatic N) is 1. The van der Waals surface area contributed by atoms with Crippen LogP contribution in [-0.2, 0) is 14.3 Å². The molecule has 1 aliphatic rings. The number of rotatable bonds is 4. The third-order valence-electron chi connectivity index (χ3n) is 2.81. The van der Waals surface area contributed by atoms with Gasteiger partial charge in [0.25, 0.3) is 11.1 Å². The van der Waals surface area contributed by atoms with Crippen molar-refractivity contribution in [2.24, 2.45) is 0 Å². The average molecular weight is 433 g/mol. The van der Waals surface area contributed by atoms with Crippen molar-refractivity contribution in [2.75, 3.05) is 20.8 Å². The SMILES string of the molecule is COC(=O)COc1ccc(/C=C2\SC(=O)N(C)C2=O)cc1I. The number of imide groups is 1. The molecule has 0 aromatic heterocycles. The second kappa shape index (κ2) is 7.14. The number of hydrogen-bond donors (Lipinski definition) is 0. The van der Waals surface area contributed by atoms with Gasteiger partial charge in [0.05, 0.1) is 15.6 Å². The molecule has 6 nitrogen and oxygen atoms in total. The summed E-state index contributed by atoms with van der Waals surface area (Å²) < 4.78 is 10.6. The number of carbonyl (C=O) groups excluding carboxylic acids is 3. The zero-order valence-electron chi connectivity index (χ0n) is 11.8. The largest absolute Gasteiger partial charge is 0.481 e. The number of benzene rings is 1. The number of amides is 2. The number of ether oxygens (including phenoxy) is 2. The number of carbonyl (C=O) groups is 3. The van der Waals surface area contributed by atoms with Crippen molar-refractivity contribution in [1.82, 2.24) is 4.90 Å². The molecule has 0 atom stereocenters. The van der Waals surface area contributed by atoms with Gasteiger partial charge in [-0.2, -0.15) is 0 Å². The van der Waals surface area contributed by atoms with Gasteiger partial charge in [0, 0.05) is 7.05 Å². The molecule has 0 radical (unpaired) electrons. The molecule has 0 saturated carbocycles. The molecule has 1 fully saturated rings. The van der Waals surface area contributed by atoms with Crippen molar-refractivity contribution >= 4 is 57.5 Å². The summed E-state index contributed by atoms with van der Waals surface area (Å²) in [7, 11) is 2.74. The van der Waals surface area contributed by atoms with Gasteiger partial charge >= 0.3 is 5.97 Å². The summed E-state index contributed by atoms with van der Waals surface area (Å²) in [5.41, 5.74) is 0.772. The van der Waals surface area contributed by atoms with Gasteiger partial charge in [-0.1, -0.05) is 6.07 Å². The number of hydrogen-bond acceptors (Lipinski definition) is 6. The van der Waals surface area contributed by atoms with Crippen LogP contribution in [0.3, 0.4) is 0 Å². The zero-order valence-corrected chi connectivity index (χ0v) is 14.8. The number of likely N-dealkylation sites (N-methyl/N-ethyl adjacent to an activating group) is 1. The Morgan fingerprint density at radius 3 is 2.68 bits per heavy atom. The number of halogens is 1. The van der Waals surface area contributed by atoms with Crippen LogP contribution in [0, 0.1) is 3.57 Å². The molecule has 0 aliphatic carbocycles. The van der Waals surface area contributed by atoms with Crippen LogP contribution in [0.2, 0.25) is 0 Å². The summed E-state index contributed by atoms with van der Waals surface area (Å²) in [4.78, 5) is 35.8. The number of esters is 1. The van der Waals surface area contributed by atoms with Crippen LogP contribution in [0.25, 0.3) is 6.08 Å². The molecular weight excluding hydrogens is 421 g/mol.